The quantitative estimate of drug-likeness (QED) is 0.789. The minimum Gasteiger partial charge on any atom is -0.477 e. The average Bonchev–Trinajstić information content (AvgIpc) is 2.26. The summed E-state index contributed by atoms with van der Waals surface area (Å²) in [6.45, 7) is 0. The van der Waals surface area contributed by atoms with Gasteiger partial charge in [-0.05, 0) is 12.1 Å². The van der Waals surface area contributed by atoms with E-state index in [1.165, 1.54) is 18.3 Å². The van der Waals surface area contributed by atoms with Crippen molar-refractivity contribution < 1.29 is 23.1 Å². The number of sulfone groups is 1. The van der Waals surface area contributed by atoms with Crippen molar-refractivity contribution in [2.24, 2.45) is 0 Å². The van der Waals surface area contributed by atoms with Gasteiger partial charge in [0.25, 0.3) is 0 Å². The van der Waals surface area contributed by atoms with Gasteiger partial charge in [0.2, 0.25) is 5.91 Å². The van der Waals surface area contributed by atoms with Gasteiger partial charge in [-0.1, -0.05) is 0 Å². The summed E-state index contributed by atoms with van der Waals surface area (Å²) in [5.74, 6) is -1.96. The van der Waals surface area contributed by atoms with Gasteiger partial charge in [-0.25, -0.2) is 18.2 Å². The van der Waals surface area contributed by atoms with Crippen LogP contribution in [0.3, 0.4) is 0 Å². The third kappa shape index (κ3) is 4.91. The fourth-order valence-corrected chi connectivity index (χ4v) is 1.68. The topological polar surface area (TPSA) is 113 Å². The number of nitrogens with one attached hydrogen (secondary N) is 1. The standard InChI is InChI=1S/C10H12N2O5S/c1-18(16,17)5-3-9(13)12-7-2-4-11-8(6-7)10(14)15/h2,4,6H,3,5H2,1H3,(H,14,15)(H,11,12,13). The Bertz CT molecular complexity index is 567. The smallest absolute Gasteiger partial charge is 0.354 e. The number of rotatable bonds is 5. The highest BCUT2D eigenvalue weighted by atomic mass is 32.2. The van der Waals surface area contributed by atoms with Crippen molar-refractivity contribution in [1.82, 2.24) is 4.98 Å². The number of carbonyl (C=O) groups is 2. The predicted octanol–water partition coefficient (Wildman–Crippen LogP) is 0.153. The Morgan fingerprint density at radius 2 is 2.11 bits per heavy atom. The van der Waals surface area contributed by atoms with E-state index in [4.69, 9.17) is 5.11 Å². The van der Waals surface area contributed by atoms with Crippen LogP contribution in [-0.2, 0) is 14.6 Å². The first kappa shape index (κ1) is 14.1. The molecule has 1 heterocycles. The molecule has 8 heteroatoms. The number of nitrogens with zero attached hydrogens (tertiary/aromatic N) is 1. The number of amides is 1. The summed E-state index contributed by atoms with van der Waals surface area (Å²) in [5.41, 5.74) is 0.0665. The molecule has 7 nitrogen and oxygen atoms in total. The third-order valence-electron chi connectivity index (χ3n) is 1.96. The molecule has 0 aliphatic rings. The fraction of sp³-hybridized carbons (Fsp3) is 0.300. The molecule has 1 aromatic heterocycles. The van der Waals surface area contributed by atoms with Crippen LogP contribution in [0.15, 0.2) is 18.3 Å². The molecular weight excluding hydrogens is 260 g/mol. The Kier molecular flexibility index (Phi) is 4.38. The summed E-state index contributed by atoms with van der Waals surface area (Å²) in [5, 5.41) is 11.1. The van der Waals surface area contributed by atoms with Crippen molar-refractivity contribution in [1.29, 1.82) is 0 Å². The first-order valence-electron chi connectivity index (χ1n) is 4.95. The van der Waals surface area contributed by atoms with E-state index in [-0.39, 0.29) is 23.6 Å². The van der Waals surface area contributed by atoms with Crippen LogP contribution in [-0.4, -0.2) is 42.4 Å². The Balaban J connectivity index is 2.65. The lowest BCUT2D eigenvalue weighted by Crippen LogP contribution is -2.17. The molecule has 0 bridgehead atoms. The van der Waals surface area contributed by atoms with Crippen LogP contribution in [0, 0.1) is 0 Å². The molecule has 18 heavy (non-hydrogen) atoms. The molecule has 2 N–H and O–H groups in total. The minimum atomic E-state index is -3.20. The molecule has 0 aromatic carbocycles. The number of pyridine rings is 1. The van der Waals surface area contributed by atoms with E-state index in [0.717, 1.165) is 6.26 Å². The fourth-order valence-electron chi connectivity index (χ4n) is 1.13. The zero-order valence-electron chi connectivity index (χ0n) is 9.58. The molecule has 1 amide bonds. The van der Waals surface area contributed by atoms with Gasteiger partial charge >= 0.3 is 5.97 Å². The number of aromatic carboxylic acids is 1. The third-order valence-corrected chi connectivity index (χ3v) is 2.91. The number of carboxylic acid groups (broad SMARTS) is 1. The molecule has 0 saturated carbocycles. The number of hydrogen-bond acceptors (Lipinski definition) is 5. The van der Waals surface area contributed by atoms with E-state index >= 15 is 0 Å². The second-order valence-electron chi connectivity index (χ2n) is 3.66. The Morgan fingerprint density at radius 1 is 1.44 bits per heavy atom. The van der Waals surface area contributed by atoms with E-state index < -0.39 is 21.7 Å². The zero-order valence-corrected chi connectivity index (χ0v) is 10.4. The molecule has 0 spiro atoms. The van der Waals surface area contributed by atoms with Crippen LogP contribution >= 0.6 is 0 Å². The predicted molar refractivity (Wildman–Crippen MR) is 64.2 cm³/mol. The monoisotopic (exact) mass is 272 g/mol. The van der Waals surface area contributed by atoms with Gasteiger partial charge in [0.1, 0.15) is 15.5 Å². The highest BCUT2D eigenvalue weighted by Gasteiger charge is 2.10. The van der Waals surface area contributed by atoms with Crippen molar-refractivity contribution in [3.63, 3.8) is 0 Å². The van der Waals surface area contributed by atoms with Crippen molar-refractivity contribution in [2.75, 3.05) is 17.3 Å². The highest BCUT2D eigenvalue weighted by Crippen LogP contribution is 2.08. The molecule has 1 rings (SSSR count). The van der Waals surface area contributed by atoms with E-state index in [0.29, 0.717) is 0 Å². The second kappa shape index (κ2) is 5.58. The lowest BCUT2D eigenvalue weighted by atomic mass is 10.3. The zero-order chi connectivity index (χ0) is 13.8. The first-order chi connectivity index (χ1) is 8.28. The summed E-state index contributed by atoms with van der Waals surface area (Å²) in [6, 6.07) is 2.62. The molecule has 0 fully saturated rings. The van der Waals surface area contributed by atoms with Gasteiger partial charge in [0.05, 0.1) is 5.75 Å². The maximum atomic E-state index is 11.4. The van der Waals surface area contributed by atoms with Crippen LogP contribution in [0.2, 0.25) is 0 Å². The summed E-state index contributed by atoms with van der Waals surface area (Å²) < 4.78 is 21.7. The molecule has 0 atom stereocenters. The van der Waals surface area contributed by atoms with Crippen LogP contribution in [0.1, 0.15) is 16.9 Å². The van der Waals surface area contributed by atoms with Gasteiger partial charge in [-0.2, -0.15) is 0 Å². The Morgan fingerprint density at radius 3 is 2.67 bits per heavy atom. The molecule has 0 saturated heterocycles. The second-order valence-corrected chi connectivity index (χ2v) is 5.92. The Hall–Kier alpha value is -1.96. The molecule has 0 unspecified atom stereocenters. The summed E-state index contributed by atoms with van der Waals surface area (Å²) in [6.07, 6.45) is 2.11. The summed E-state index contributed by atoms with van der Waals surface area (Å²) >= 11 is 0. The largest absolute Gasteiger partial charge is 0.477 e. The number of anilines is 1. The average molecular weight is 272 g/mol. The summed E-state index contributed by atoms with van der Waals surface area (Å²) in [7, 11) is -3.20. The lowest BCUT2D eigenvalue weighted by molar-refractivity contribution is -0.115. The number of carboxylic acids is 1. The van der Waals surface area contributed by atoms with E-state index in [2.05, 4.69) is 10.3 Å². The van der Waals surface area contributed by atoms with Crippen molar-refractivity contribution in [2.45, 2.75) is 6.42 Å². The molecule has 98 valence electrons. The van der Waals surface area contributed by atoms with Crippen LogP contribution < -0.4 is 5.32 Å². The van der Waals surface area contributed by atoms with Crippen molar-refractivity contribution in [3.8, 4) is 0 Å². The normalized spacial score (nSPS) is 10.9. The molecule has 1 aromatic rings. The number of hydrogen-bond donors (Lipinski definition) is 2. The van der Waals surface area contributed by atoms with Crippen LogP contribution in [0.25, 0.3) is 0 Å². The molecule has 0 radical (unpaired) electrons. The van der Waals surface area contributed by atoms with Crippen LogP contribution in [0.5, 0.6) is 0 Å². The van der Waals surface area contributed by atoms with E-state index in [1.807, 2.05) is 0 Å². The maximum absolute atomic E-state index is 11.4. The van der Waals surface area contributed by atoms with Gasteiger partial charge < -0.3 is 10.4 Å². The van der Waals surface area contributed by atoms with Crippen molar-refractivity contribution >= 4 is 27.4 Å². The van der Waals surface area contributed by atoms with Gasteiger partial charge in [-0.3, -0.25) is 4.79 Å². The van der Waals surface area contributed by atoms with Gasteiger partial charge in [0.15, 0.2) is 0 Å². The van der Waals surface area contributed by atoms with Gasteiger partial charge in [0, 0.05) is 24.6 Å². The number of aromatic nitrogens is 1. The highest BCUT2D eigenvalue weighted by molar-refractivity contribution is 7.90. The first-order valence-corrected chi connectivity index (χ1v) is 7.01. The summed E-state index contributed by atoms with van der Waals surface area (Å²) in [4.78, 5) is 25.6. The molecular formula is C10H12N2O5S. The Labute approximate surface area is 104 Å². The van der Waals surface area contributed by atoms with Gasteiger partial charge in [-0.15, -0.1) is 0 Å². The molecule has 0 aliphatic carbocycles. The SMILES string of the molecule is CS(=O)(=O)CCC(=O)Nc1ccnc(C(=O)O)c1. The molecule has 0 aliphatic heterocycles. The van der Waals surface area contributed by atoms with E-state index in [9.17, 15) is 18.0 Å². The maximum Gasteiger partial charge on any atom is 0.354 e. The van der Waals surface area contributed by atoms with Crippen LogP contribution in [0.4, 0.5) is 5.69 Å². The number of carbonyl (C=O) groups excluding carboxylic acids is 1. The minimum absolute atomic E-state index is 0.177. The lowest BCUT2D eigenvalue weighted by Gasteiger charge is -2.04. The van der Waals surface area contributed by atoms with Crippen molar-refractivity contribution in [3.05, 3.63) is 24.0 Å². The van der Waals surface area contributed by atoms with E-state index in [1.54, 1.807) is 0 Å².